The molecule has 1 atom stereocenters. The Hall–Kier alpha value is -1.68. The molecule has 0 unspecified atom stereocenters. The number of amides is 1. The van der Waals surface area contributed by atoms with E-state index in [-0.39, 0.29) is 5.92 Å². The predicted octanol–water partition coefficient (Wildman–Crippen LogP) is 1.41. The molecular weight excluding hydrogens is 222 g/mol. The molecule has 1 amide bonds. The van der Waals surface area contributed by atoms with Gasteiger partial charge in [0.2, 0.25) is 0 Å². The normalized spacial score (nSPS) is 12.6. The van der Waals surface area contributed by atoms with E-state index < -0.39 is 23.5 Å². The molecule has 0 rings (SSSR count). The SMILES string of the molecule is CC(C)[C@@H](NC(=O)OC(C)(C)C)C(=O)C=[N+]=[N-]. The minimum Gasteiger partial charge on any atom is -0.444 e. The van der Waals surface area contributed by atoms with Crippen LogP contribution in [0.5, 0.6) is 0 Å². The minimum absolute atomic E-state index is 0.131. The summed E-state index contributed by atoms with van der Waals surface area (Å²) in [6, 6.07) is -0.763. The highest BCUT2D eigenvalue weighted by Crippen LogP contribution is 2.08. The van der Waals surface area contributed by atoms with Crippen molar-refractivity contribution in [1.82, 2.24) is 5.32 Å². The number of nitrogens with one attached hydrogen (secondary N) is 1. The third kappa shape index (κ3) is 6.48. The molecular formula is C11H19N3O3. The molecule has 6 nitrogen and oxygen atoms in total. The number of carbonyl (C=O) groups is 2. The van der Waals surface area contributed by atoms with Crippen molar-refractivity contribution in [2.45, 2.75) is 46.3 Å². The summed E-state index contributed by atoms with van der Waals surface area (Å²) in [6.45, 7) is 8.73. The molecule has 6 heteroatoms. The van der Waals surface area contributed by atoms with Crippen molar-refractivity contribution in [3.63, 3.8) is 0 Å². The Balaban J connectivity index is 4.62. The van der Waals surface area contributed by atoms with E-state index >= 15 is 0 Å². The Bertz CT molecular complexity index is 338. The van der Waals surface area contributed by atoms with Crippen molar-refractivity contribution < 1.29 is 19.1 Å². The highest BCUT2D eigenvalue weighted by Gasteiger charge is 2.27. The molecule has 96 valence electrons. The van der Waals surface area contributed by atoms with Crippen molar-refractivity contribution in [2.24, 2.45) is 5.92 Å². The van der Waals surface area contributed by atoms with E-state index in [1.165, 1.54) is 0 Å². The van der Waals surface area contributed by atoms with Gasteiger partial charge in [0, 0.05) is 0 Å². The number of rotatable bonds is 4. The fourth-order valence-electron chi connectivity index (χ4n) is 1.14. The summed E-state index contributed by atoms with van der Waals surface area (Å²) in [7, 11) is 0. The highest BCUT2D eigenvalue weighted by molar-refractivity contribution is 6.28. The smallest absolute Gasteiger partial charge is 0.408 e. The first kappa shape index (κ1) is 15.3. The van der Waals surface area contributed by atoms with Gasteiger partial charge in [0.05, 0.1) is 0 Å². The molecule has 0 saturated heterocycles. The summed E-state index contributed by atoms with van der Waals surface area (Å²) in [4.78, 5) is 25.7. The van der Waals surface area contributed by atoms with E-state index in [4.69, 9.17) is 10.3 Å². The average Bonchev–Trinajstić information content (AvgIpc) is 2.11. The maximum atomic E-state index is 11.5. The Labute approximate surface area is 101 Å². The maximum absolute atomic E-state index is 11.5. The van der Waals surface area contributed by atoms with Crippen LogP contribution in [0.2, 0.25) is 0 Å². The first-order chi connectivity index (χ1) is 7.67. The number of carbonyl (C=O) groups excluding carboxylic acids is 2. The lowest BCUT2D eigenvalue weighted by atomic mass is 10.0. The number of ketones is 1. The van der Waals surface area contributed by atoms with Crippen molar-refractivity contribution in [2.75, 3.05) is 0 Å². The average molecular weight is 241 g/mol. The molecule has 0 aromatic rings. The number of Topliss-reactive ketones (excluding diaryl/α,β-unsaturated/α-hetero) is 1. The van der Waals surface area contributed by atoms with Gasteiger partial charge in [-0.05, 0) is 26.7 Å². The summed E-state index contributed by atoms with van der Waals surface area (Å²) in [5, 5.41) is 2.44. The fraction of sp³-hybridized carbons (Fsp3) is 0.727. The molecule has 0 spiro atoms. The molecule has 0 fully saturated rings. The number of hydrogen-bond acceptors (Lipinski definition) is 3. The first-order valence-corrected chi connectivity index (χ1v) is 5.38. The second-order valence-corrected chi connectivity index (χ2v) is 5.01. The number of alkyl carbamates (subject to hydrolysis) is 1. The van der Waals surface area contributed by atoms with Crippen LogP contribution in [0.1, 0.15) is 34.6 Å². The zero-order valence-corrected chi connectivity index (χ0v) is 10.9. The molecule has 0 heterocycles. The lowest BCUT2D eigenvalue weighted by Crippen LogP contribution is -2.46. The second-order valence-electron chi connectivity index (χ2n) is 5.01. The quantitative estimate of drug-likeness (QED) is 0.458. The van der Waals surface area contributed by atoms with Gasteiger partial charge >= 0.3 is 12.3 Å². The lowest BCUT2D eigenvalue weighted by Gasteiger charge is -2.23. The molecule has 0 radical (unpaired) electrons. The van der Waals surface area contributed by atoms with E-state index in [0.717, 1.165) is 6.21 Å². The second kappa shape index (κ2) is 6.15. The summed E-state index contributed by atoms with van der Waals surface area (Å²) >= 11 is 0. The minimum atomic E-state index is -0.763. The van der Waals surface area contributed by atoms with Gasteiger partial charge in [-0.1, -0.05) is 13.8 Å². The van der Waals surface area contributed by atoms with E-state index in [1.54, 1.807) is 34.6 Å². The third-order valence-corrected chi connectivity index (χ3v) is 1.83. The number of ether oxygens (including phenoxy) is 1. The number of hydrogen-bond donors (Lipinski definition) is 1. The zero-order chi connectivity index (χ0) is 13.6. The van der Waals surface area contributed by atoms with Crippen LogP contribution >= 0.6 is 0 Å². The first-order valence-electron chi connectivity index (χ1n) is 5.38. The predicted molar refractivity (Wildman–Crippen MR) is 62.7 cm³/mol. The van der Waals surface area contributed by atoms with E-state index in [0.29, 0.717) is 0 Å². The van der Waals surface area contributed by atoms with Crippen LogP contribution in [0.3, 0.4) is 0 Å². The summed E-state index contributed by atoms with van der Waals surface area (Å²) in [6.07, 6.45) is 0.0954. The van der Waals surface area contributed by atoms with Crippen molar-refractivity contribution in [3.05, 3.63) is 5.53 Å². The van der Waals surface area contributed by atoms with Gasteiger partial charge < -0.3 is 15.6 Å². The van der Waals surface area contributed by atoms with Gasteiger partial charge in [0.25, 0.3) is 5.78 Å². The van der Waals surface area contributed by atoms with Crippen LogP contribution in [0.25, 0.3) is 5.53 Å². The molecule has 0 aliphatic heterocycles. The third-order valence-electron chi connectivity index (χ3n) is 1.83. The van der Waals surface area contributed by atoms with Crippen LogP contribution in [0, 0.1) is 5.92 Å². The van der Waals surface area contributed by atoms with Gasteiger partial charge in [-0.25, -0.2) is 4.79 Å². The molecule has 0 aromatic carbocycles. The van der Waals surface area contributed by atoms with Gasteiger partial charge in [-0.3, -0.25) is 4.79 Å². The number of nitrogens with zero attached hydrogens (tertiary/aromatic N) is 2. The molecule has 0 saturated carbocycles. The highest BCUT2D eigenvalue weighted by atomic mass is 16.6. The van der Waals surface area contributed by atoms with Crippen molar-refractivity contribution >= 4 is 18.1 Å². The largest absolute Gasteiger partial charge is 0.444 e. The van der Waals surface area contributed by atoms with Crippen LogP contribution in [-0.2, 0) is 9.53 Å². The van der Waals surface area contributed by atoms with Crippen LogP contribution in [0.4, 0.5) is 4.79 Å². The monoisotopic (exact) mass is 241 g/mol. The Kier molecular flexibility index (Phi) is 5.55. The van der Waals surface area contributed by atoms with E-state index in [9.17, 15) is 9.59 Å². The summed E-state index contributed by atoms with van der Waals surface area (Å²) in [5.41, 5.74) is 7.67. The topological polar surface area (TPSA) is 91.8 Å². The van der Waals surface area contributed by atoms with Crippen LogP contribution in [0.15, 0.2) is 0 Å². The van der Waals surface area contributed by atoms with Crippen LogP contribution < -0.4 is 5.32 Å². The summed E-state index contributed by atoms with van der Waals surface area (Å²) in [5.74, 6) is -0.610. The molecule has 1 N–H and O–H groups in total. The zero-order valence-electron chi connectivity index (χ0n) is 10.9. The molecule has 0 aliphatic rings. The van der Waals surface area contributed by atoms with Crippen molar-refractivity contribution in [1.29, 1.82) is 0 Å². The molecule has 17 heavy (non-hydrogen) atoms. The molecule has 0 aliphatic carbocycles. The standard InChI is InChI=1S/C11H19N3O3/c1-7(2)9(8(15)6-13-12)14-10(16)17-11(3,4)5/h6-7,9H,1-5H3,(H,14,16)/t9-/m1/s1. The van der Waals surface area contributed by atoms with Gasteiger partial charge in [-0.2, -0.15) is 4.79 Å². The molecule has 0 aromatic heterocycles. The Morgan fingerprint density at radius 3 is 2.24 bits per heavy atom. The molecule has 0 bridgehead atoms. The lowest BCUT2D eigenvalue weighted by molar-refractivity contribution is -0.118. The van der Waals surface area contributed by atoms with E-state index in [1.807, 2.05) is 0 Å². The van der Waals surface area contributed by atoms with Crippen LogP contribution in [-0.4, -0.2) is 34.5 Å². The van der Waals surface area contributed by atoms with Gasteiger partial charge in [0.1, 0.15) is 11.6 Å². The van der Waals surface area contributed by atoms with E-state index in [2.05, 4.69) is 10.1 Å². The summed E-state index contributed by atoms with van der Waals surface area (Å²) < 4.78 is 5.04. The van der Waals surface area contributed by atoms with Gasteiger partial charge in [-0.15, -0.1) is 0 Å². The fourth-order valence-corrected chi connectivity index (χ4v) is 1.14. The Morgan fingerprint density at radius 2 is 1.88 bits per heavy atom. The van der Waals surface area contributed by atoms with Crippen molar-refractivity contribution in [3.8, 4) is 0 Å². The Morgan fingerprint density at radius 1 is 1.35 bits per heavy atom. The maximum Gasteiger partial charge on any atom is 0.408 e. The van der Waals surface area contributed by atoms with Gasteiger partial charge in [0.15, 0.2) is 0 Å².